The predicted octanol–water partition coefficient (Wildman–Crippen LogP) is 31.5. The zero-order valence-electron chi connectivity index (χ0n) is 66.2. The standard InChI is InChI=1S/2C28H23NO.C16H16O.2C16H16S/c1-28(2,3)18-15-16-24-22(17-18)19-9-4-6-12-23(19)29(24)25-13-8-11-21-20-10-5-7-14-26(20)30-27(21)25;1-28(2,3)18-12-14-25-22(16-18)20-8-4-6-10-24(20)29(25)19-13-15-27-23(17-19)21-9-5-7-11-26(21)30-27;2*1-16(2,3)13-9-6-8-12-11-7-4-5-10-14(11)17-15(12)13;1-16(2,3)11-8-9-15-13(10-11)12-6-4-5-7-14(12)17-15/h2*4-17H,1-3H3;3*4-10H,1-3H3. The lowest BCUT2D eigenvalue weighted by atomic mass is 9.86. The molecule has 0 saturated carbocycles. The summed E-state index contributed by atoms with van der Waals surface area (Å²) in [6.45, 7) is 33.9. The monoisotopic (exact) mass is 1480 g/mol. The average Bonchev–Trinajstić information content (AvgIpc) is 1.58. The van der Waals surface area contributed by atoms with Gasteiger partial charge in [0.25, 0.3) is 0 Å². The van der Waals surface area contributed by atoms with E-state index in [1.165, 1.54) is 123 Å². The quantitative estimate of drug-likeness (QED) is 0.173. The number of fused-ring (bicyclic) bond motifs is 21. The maximum absolute atomic E-state index is 6.36. The summed E-state index contributed by atoms with van der Waals surface area (Å²) in [6.07, 6.45) is 0. The first-order valence-corrected chi connectivity index (χ1v) is 40.5. The smallest absolute Gasteiger partial charge is 0.159 e. The summed E-state index contributed by atoms with van der Waals surface area (Å²) >= 11 is 3.80. The van der Waals surface area contributed by atoms with Crippen LogP contribution in [-0.2, 0) is 27.1 Å². The fourth-order valence-corrected chi connectivity index (χ4v) is 18.6. The third kappa shape index (κ3) is 13.4. The van der Waals surface area contributed by atoms with Crippen LogP contribution in [0.3, 0.4) is 0 Å². The van der Waals surface area contributed by atoms with Gasteiger partial charge in [-0.05, 0) is 152 Å². The molecule has 0 aliphatic rings. The van der Waals surface area contributed by atoms with E-state index < -0.39 is 0 Å². The molecule has 0 atom stereocenters. The van der Waals surface area contributed by atoms with Gasteiger partial charge in [0, 0.05) is 105 Å². The van der Waals surface area contributed by atoms with Crippen molar-refractivity contribution in [1.29, 1.82) is 0 Å². The van der Waals surface area contributed by atoms with Gasteiger partial charge in [0.1, 0.15) is 27.9 Å². The Morgan fingerprint density at radius 3 is 1.16 bits per heavy atom. The summed E-state index contributed by atoms with van der Waals surface area (Å²) in [6, 6.07) is 106. The van der Waals surface area contributed by atoms with Gasteiger partial charge in [-0.15, -0.1) is 22.7 Å². The van der Waals surface area contributed by atoms with E-state index in [9.17, 15) is 0 Å². The van der Waals surface area contributed by atoms with E-state index in [0.717, 1.165) is 66.4 Å². The molecule has 7 aromatic heterocycles. The van der Waals surface area contributed by atoms with Crippen molar-refractivity contribution >= 4 is 172 Å². The van der Waals surface area contributed by atoms with Gasteiger partial charge >= 0.3 is 0 Å². The zero-order chi connectivity index (χ0) is 77.0. The maximum atomic E-state index is 6.36. The minimum absolute atomic E-state index is 0.105. The second-order valence-electron chi connectivity index (χ2n) is 34.8. The first-order chi connectivity index (χ1) is 53.2. The molecule has 0 amide bonds. The molecule has 0 bridgehead atoms. The summed E-state index contributed by atoms with van der Waals surface area (Å²) in [5, 5.41) is 17.8. The Hall–Kier alpha value is -11.5. The number of benzene rings is 14. The van der Waals surface area contributed by atoms with E-state index in [1.807, 2.05) is 59.1 Å². The van der Waals surface area contributed by atoms with Crippen LogP contribution in [0.1, 0.15) is 132 Å². The Kier molecular flexibility index (Phi) is 18.1. The number of aromatic nitrogens is 2. The van der Waals surface area contributed by atoms with Gasteiger partial charge in [-0.2, -0.15) is 0 Å². The Labute approximate surface area is 657 Å². The molecule has 14 aromatic carbocycles. The van der Waals surface area contributed by atoms with E-state index in [1.54, 1.807) is 0 Å². The van der Waals surface area contributed by atoms with Crippen LogP contribution in [0.15, 0.2) is 311 Å². The highest BCUT2D eigenvalue weighted by Crippen LogP contribution is 2.45. The van der Waals surface area contributed by atoms with E-state index in [-0.39, 0.29) is 27.1 Å². The van der Waals surface area contributed by atoms with Gasteiger partial charge in [-0.25, -0.2) is 0 Å². The number of thiophene rings is 2. The lowest BCUT2D eigenvalue weighted by Crippen LogP contribution is -2.10. The molecule has 0 N–H and O–H groups in total. The highest BCUT2D eigenvalue weighted by atomic mass is 32.1. The van der Waals surface area contributed by atoms with Gasteiger partial charge in [0.2, 0.25) is 0 Å². The Balaban J connectivity index is 0.000000104. The van der Waals surface area contributed by atoms with Gasteiger partial charge in [0.05, 0.1) is 27.8 Å². The second kappa shape index (κ2) is 27.8. The van der Waals surface area contributed by atoms with Gasteiger partial charge in [-0.1, -0.05) is 298 Å². The lowest BCUT2D eigenvalue weighted by molar-refractivity contribution is 0.573. The molecule has 0 fully saturated rings. The molecular weight excluding hydrogens is 1390 g/mol. The number of nitrogens with zero attached hydrogens (tertiary/aromatic N) is 2. The van der Waals surface area contributed by atoms with Gasteiger partial charge in [0.15, 0.2) is 5.58 Å². The van der Waals surface area contributed by atoms with Crippen LogP contribution in [0.2, 0.25) is 0 Å². The van der Waals surface area contributed by atoms with E-state index >= 15 is 0 Å². The molecule has 550 valence electrons. The lowest BCUT2D eigenvalue weighted by Gasteiger charge is -2.19. The normalized spacial score (nSPS) is 12.5. The second-order valence-corrected chi connectivity index (χ2v) is 37.0. The van der Waals surface area contributed by atoms with Crippen molar-refractivity contribution < 1.29 is 13.3 Å². The average molecular weight is 1480 g/mol. The third-order valence-corrected chi connectivity index (χ3v) is 24.4. The third-order valence-electron chi connectivity index (χ3n) is 22.0. The number of rotatable bonds is 2. The first kappa shape index (κ1) is 72.4. The molecule has 0 radical (unpaired) electrons. The number of furan rings is 3. The Morgan fingerprint density at radius 2 is 0.604 bits per heavy atom. The van der Waals surface area contributed by atoms with Crippen molar-refractivity contribution in [2.45, 2.75) is 131 Å². The van der Waals surface area contributed by atoms with Crippen molar-refractivity contribution in [3.63, 3.8) is 0 Å². The first-order valence-electron chi connectivity index (χ1n) is 38.9. The SMILES string of the molecule is CC(C)(C)c1ccc2c(c1)c1ccccc1n2-c1ccc2oc3ccccc3c2c1.CC(C)(C)c1ccc2c(c1)c1ccccc1n2-c1cccc2c1oc1ccccc12.CC(C)(C)c1ccc2sc3ccccc3c2c1.CC(C)(C)c1cccc2c1oc1ccccc12.CC(C)(C)c1cccc2c1sc1ccccc12. The number of para-hydroxylation sites is 7. The van der Waals surface area contributed by atoms with Crippen molar-refractivity contribution in [2.75, 3.05) is 0 Å². The molecular formula is C104H94N2O3S2. The fourth-order valence-electron chi connectivity index (χ4n) is 16.0. The summed E-state index contributed by atoms with van der Waals surface area (Å²) < 4.78 is 28.7. The summed E-state index contributed by atoms with van der Waals surface area (Å²) in [5.41, 5.74) is 20.4. The summed E-state index contributed by atoms with van der Waals surface area (Å²) in [7, 11) is 0. The molecule has 0 spiro atoms. The molecule has 0 aliphatic heterocycles. The van der Waals surface area contributed by atoms with Crippen molar-refractivity contribution in [3.05, 3.63) is 325 Å². The Bertz CT molecular complexity index is 6970. The molecule has 0 aliphatic carbocycles. The topological polar surface area (TPSA) is 49.3 Å². The van der Waals surface area contributed by atoms with Crippen molar-refractivity contribution in [1.82, 2.24) is 9.13 Å². The van der Waals surface area contributed by atoms with E-state index in [0.29, 0.717) is 0 Å². The van der Waals surface area contributed by atoms with Crippen LogP contribution in [0.25, 0.3) is 161 Å². The molecule has 7 heterocycles. The van der Waals surface area contributed by atoms with Gasteiger partial charge < -0.3 is 22.4 Å². The van der Waals surface area contributed by atoms with Crippen LogP contribution in [-0.4, -0.2) is 9.13 Å². The molecule has 5 nitrogen and oxygen atoms in total. The van der Waals surface area contributed by atoms with E-state index in [4.69, 9.17) is 13.3 Å². The molecule has 21 rings (SSSR count). The van der Waals surface area contributed by atoms with Crippen LogP contribution < -0.4 is 0 Å². The largest absolute Gasteiger partial charge is 0.456 e. The molecule has 0 saturated heterocycles. The molecule has 111 heavy (non-hydrogen) atoms. The number of hydrogen-bond donors (Lipinski definition) is 0. The molecule has 7 heteroatoms. The fraction of sp³-hybridized carbons (Fsp3) is 0.192. The zero-order valence-corrected chi connectivity index (χ0v) is 67.9. The van der Waals surface area contributed by atoms with Crippen LogP contribution in [0.5, 0.6) is 0 Å². The van der Waals surface area contributed by atoms with Crippen molar-refractivity contribution in [3.8, 4) is 11.4 Å². The van der Waals surface area contributed by atoms with Crippen LogP contribution in [0.4, 0.5) is 0 Å². The van der Waals surface area contributed by atoms with Gasteiger partial charge in [-0.3, -0.25) is 0 Å². The van der Waals surface area contributed by atoms with E-state index in [2.05, 4.69) is 374 Å². The maximum Gasteiger partial charge on any atom is 0.159 e. The Morgan fingerprint density at radius 1 is 0.225 bits per heavy atom. The highest BCUT2D eigenvalue weighted by Gasteiger charge is 2.25. The van der Waals surface area contributed by atoms with Crippen LogP contribution >= 0.6 is 22.7 Å². The molecule has 21 aromatic rings. The minimum Gasteiger partial charge on any atom is -0.456 e. The highest BCUT2D eigenvalue weighted by molar-refractivity contribution is 7.26. The molecule has 0 unspecified atom stereocenters. The minimum atomic E-state index is 0.105. The van der Waals surface area contributed by atoms with Crippen molar-refractivity contribution in [2.24, 2.45) is 0 Å². The van der Waals surface area contributed by atoms with Crippen LogP contribution in [0, 0.1) is 0 Å². The summed E-state index contributed by atoms with van der Waals surface area (Å²) in [5.74, 6) is 0. The summed E-state index contributed by atoms with van der Waals surface area (Å²) in [4.78, 5) is 0. The predicted molar refractivity (Wildman–Crippen MR) is 482 cm³/mol. The number of hydrogen-bond acceptors (Lipinski definition) is 5.